The van der Waals surface area contributed by atoms with E-state index in [0.717, 1.165) is 30.8 Å². The van der Waals surface area contributed by atoms with Gasteiger partial charge in [0, 0.05) is 37.7 Å². The van der Waals surface area contributed by atoms with Gasteiger partial charge >= 0.3 is 0 Å². The third-order valence-electron chi connectivity index (χ3n) is 5.42. The summed E-state index contributed by atoms with van der Waals surface area (Å²) in [5.41, 5.74) is 4.90. The van der Waals surface area contributed by atoms with Crippen LogP contribution in [0.4, 0.5) is 10.1 Å². The van der Waals surface area contributed by atoms with Crippen molar-refractivity contribution in [2.24, 2.45) is 0 Å². The van der Waals surface area contributed by atoms with Crippen LogP contribution < -0.4 is 15.0 Å². The second-order valence-electron chi connectivity index (χ2n) is 8.47. The molecule has 0 heterocycles. The highest BCUT2D eigenvalue weighted by Crippen LogP contribution is 2.29. The van der Waals surface area contributed by atoms with E-state index in [1.807, 2.05) is 38.1 Å². The van der Waals surface area contributed by atoms with Gasteiger partial charge < -0.3 is 15.0 Å². The maximum Gasteiger partial charge on any atom is 0.123 e. The number of nitrogens with two attached hydrogens (primary N) is 1. The number of quaternary nitrogens is 1. The average molecular weight is 422 g/mol. The molecule has 0 bridgehead atoms. The van der Waals surface area contributed by atoms with Crippen LogP contribution in [0, 0.1) is 5.82 Å². The van der Waals surface area contributed by atoms with Crippen molar-refractivity contribution in [2.45, 2.75) is 38.8 Å². The van der Waals surface area contributed by atoms with Crippen LogP contribution in [-0.4, -0.2) is 26.7 Å². The lowest BCUT2D eigenvalue weighted by atomic mass is 9.88. The first-order chi connectivity index (χ1) is 14.9. The zero-order valence-corrected chi connectivity index (χ0v) is 19.0. The zero-order chi connectivity index (χ0) is 22.2. The van der Waals surface area contributed by atoms with Gasteiger partial charge in [0.1, 0.15) is 18.1 Å². The molecule has 0 spiro atoms. The molecular formula is C27H34FN2O+. The van der Waals surface area contributed by atoms with Gasteiger partial charge in [-0.2, -0.15) is 0 Å². The molecule has 0 unspecified atom stereocenters. The molecular weight excluding hydrogens is 387 g/mol. The topological polar surface area (TPSA) is 29.1 Å². The first kappa shape index (κ1) is 22.8. The fraction of sp³-hybridized carbons (Fsp3) is 0.333. The molecule has 31 heavy (non-hydrogen) atoms. The fourth-order valence-corrected chi connectivity index (χ4v) is 3.76. The molecule has 4 heteroatoms. The smallest absolute Gasteiger partial charge is 0.123 e. The number of hydrogen-bond donors (Lipinski definition) is 1. The van der Waals surface area contributed by atoms with Gasteiger partial charge in [0.05, 0.1) is 12.6 Å². The van der Waals surface area contributed by atoms with Crippen LogP contribution in [0.25, 0.3) is 0 Å². The average Bonchev–Trinajstić information content (AvgIpc) is 2.75. The lowest BCUT2D eigenvalue weighted by Crippen LogP contribution is -2.82. The van der Waals surface area contributed by atoms with Crippen LogP contribution in [-0.2, 0) is 6.54 Å². The lowest BCUT2D eigenvalue weighted by Gasteiger charge is -2.19. The van der Waals surface area contributed by atoms with Gasteiger partial charge in [-0.1, -0.05) is 36.4 Å². The van der Waals surface area contributed by atoms with Gasteiger partial charge in [-0.05, 0) is 61.4 Å². The van der Waals surface area contributed by atoms with Crippen LogP contribution in [0.3, 0.4) is 0 Å². The van der Waals surface area contributed by atoms with E-state index in [4.69, 9.17) is 4.74 Å². The number of halogens is 1. The summed E-state index contributed by atoms with van der Waals surface area (Å²) in [5, 5.41) is 2.34. The second-order valence-corrected chi connectivity index (χ2v) is 8.47. The van der Waals surface area contributed by atoms with Crippen molar-refractivity contribution in [2.75, 3.05) is 25.5 Å². The number of ether oxygens (including phenoxy) is 1. The molecule has 1 atom stereocenters. The van der Waals surface area contributed by atoms with Crippen molar-refractivity contribution >= 4 is 5.69 Å². The summed E-state index contributed by atoms with van der Waals surface area (Å²) in [6.45, 7) is 5.99. The Balaban J connectivity index is 1.65. The van der Waals surface area contributed by atoms with Gasteiger partial charge in [-0.3, -0.25) is 0 Å². The molecule has 3 nitrogen and oxygen atoms in total. The summed E-state index contributed by atoms with van der Waals surface area (Å²) in [6.07, 6.45) is 1.13. The van der Waals surface area contributed by atoms with E-state index in [9.17, 15) is 4.39 Å². The molecule has 3 rings (SSSR count). The Labute approximate surface area is 185 Å². The number of hydrogen-bond acceptors (Lipinski definition) is 2. The molecule has 0 fully saturated rings. The molecule has 0 radical (unpaired) electrons. The van der Waals surface area contributed by atoms with Crippen LogP contribution >= 0.6 is 0 Å². The number of benzene rings is 3. The summed E-state index contributed by atoms with van der Waals surface area (Å²) in [7, 11) is 4.11. The Kier molecular flexibility index (Phi) is 8.07. The van der Waals surface area contributed by atoms with Gasteiger partial charge in [0.2, 0.25) is 0 Å². The largest absolute Gasteiger partial charge is 0.491 e. The highest BCUT2D eigenvalue weighted by atomic mass is 19.1. The molecule has 0 aliphatic rings. The van der Waals surface area contributed by atoms with Gasteiger partial charge in [0.25, 0.3) is 0 Å². The standard InChI is InChI=1S/C27H33FN2O/c1-20(2)31-26-15-9-23(10-16-26)27(22-7-11-24(28)12-8-22)17-18-29-19-21-5-13-25(14-6-21)30(3)4/h5-16,20,27,29H,17-19H2,1-4H3/p+1/t27-/m0/s1. The molecule has 0 amide bonds. The number of nitrogens with zero attached hydrogens (tertiary/aromatic N) is 1. The molecule has 3 aromatic carbocycles. The lowest BCUT2D eigenvalue weighted by molar-refractivity contribution is -0.671. The minimum absolute atomic E-state index is 0.153. The van der Waals surface area contributed by atoms with E-state index in [1.165, 1.54) is 16.8 Å². The van der Waals surface area contributed by atoms with Crippen molar-refractivity contribution < 1.29 is 14.4 Å². The summed E-state index contributed by atoms with van der Waals surface area (Å²) >= 11 is 0. The molecule has 0 aromatic heterocycles. The monoisotopic (exact) mass is 421 g/mol. The molecule has 0 aliphatic heterocycles. The number of rotatable bonds is 10. The van der Waals surface area contributed by atoms with Crippen LogP contribution in [0.15, 0.2) is 72.8 Å². The van der Waals surface area contributed by atoms with E-state index in [1.54, 1.807) is 12.1 Å². The van der Waals surface area contributed by atoms with Crippen molar-refractivity contribution in [3.8, 4) is 5.75 Å². The van der Waals surface area contributed by atoms with E-state index in [0.29, 0.717) is 0 Å². The third kappa shape index (κ3) is 6.83. The molecule has 164 valence electrons. The van der Waals surface area contributed by atoms with E-state index < -0.39 is 0 Å². The van der Waals surface area contributed by atoms with Crippen molar-refractivity contribution in [1.82, 2.24) is 0 Å². The maximum atomic E-state index is 13.5. The molecule has 3 aromatic rings. The zero-order valence-electron chi connectivity index (χ0n) is 19.0. The Bertz CT molecular complexity index is 919. The summed E-state index contributed by atoms with van der Waals surface area (Å²) in [4.78, 5) is 2.11. The predicted octanol–water partition coefficient (Wildman–Crippen LogP) is 4.96. The molecule has 0 aliphatic carbocycles. The van der Waals surface area contributed by atoms with Gasteiger partial charge in [0.15, 0.2) is 0 Å². The Hall–Kier alpha value is -2.85. The summed E-state index contributed by atoms with van der Waals surface area (Å²) in [5.74, 6) is 0.904. The summed E-state index contributed by atoms with van der Waals surface area (Å²) < 4.78 is 19.3. The van der Waals surface area contributed by atoms with Crippen molar-refractivity contribution in [3.05, 3.63) is 95.3 Å². The fourth-order valence-electron chi connectivity index (χ4n) is 3.76. The normalized spacial score (nSPS) is 12.1. The van der Waals surface area contributed by atoms with Gasteiger partial charge in [-0.25, -0.2) is 4.39 Å². The first-order valence-electron chi connectivity index (χ1n) is 11.0. The van der Waals surface area contributed by atoms with Crippen molar-refractivity contribution in [1.29, 1.82) is 0 Å². The summed E-state index contributed by atoms with van der Waals surface area (Å²) in [6, 6.07) is 23.9. The maximum absolute atomic E-state index is 13.5. The quantitative estimate of drug-likeness (QED) is 0.469. The van der Waals surface area contributed by atoms with Crippen LogP contribution in [0.2, 0.25) is 0 Å². The Morgan fingerprint density at radius 1 is 0.839 bits per heavy atom. The number of anilines is 1. The second kappa shape index (κ2) is 11.0. The van der Waals surface area contributed by atoms with E-state index in [2.05, 4.69) is 60.7 Å². The predicted molar refractivity (Wildman–Crippen MR) is 126 cm³/mol. The highest BCUT2D eigenvalue weighted by Gasteiger charge is 2.16. The third-order valence-corrected chi connectivity index (χ3v) is 5.42. The Morgan fingerprint density at radius 2 is 1.42 bits per heavy atom. The van der Waals surface area contributed by atoms with E-state index >= 15 is 0 Å². The van der Waals surface area contributed by atoms with Crippen LogP contribution in [0.1, 0.15) is 42.9 Å². The Morgan fingerprint density at radius 3 is 1.97 bits per heavy atom. The molecule has 2 N–H and O–H groups in total. The minimum Gasteiger partial charge on any atom is -0.491 e. The van der Waals surface area contributed by atoms with Crippen molar-refractivity contribution in [3.63, 3.8) is 0 Å². The molecule has 0 saturated heterocycles. The van der Waals surface area contributed by atoms with Crippen LogP contribution in [0.5, 0.6) is 5.75 Å². The first-order valence-corrected chi connectivity index (χ1v) is 11.0. The van der Waals surface area contributed by atoms with E-state index in [-0.39, 0.29) is 17.8 Å². The minimum atomic E-state index is -0.198. The van der Waals surface area contributed by atoms with Gasteiger partial charge in [-0.15, -0.1) is 0 Å². The highest BCUT2D eigenvalue weighted by molar-refractivity contribution is 5.45. The molecule has 0 saturated carbocycles. The SMILES string of the molecule is CC(C)Oc1ccc([C@@H](CC[NH2+]Cc2ccc(N(C)C)cc2)c2ccc(F)cc2)cc1.